The highest BCUT2D eigenvalue weighted by molar-refractivity contribution is 5.71. The summed E-state index contributed by atoms with van der Waals surface area (Å²) in [7, 11) is 0. The maximum Gasteiger partial charge on any atom is 0.152 e. The molecule has 3 rings (SSSR count). The average Bonchev–Trinajstić information content (AvgIpc) is 3.14. The highest BCUT2D eigenvalue weighted by Gasteiger charge is 2.46. The van der Waals surface area contributed by atoms with Crippen LogP contribution < -0.4 is 0 Å². The second-order valence-corrected chi connectivity index (χ2v) is 6.09. The van der Waals surface area contributed by atoms with E-state index in [0.29, 0.717) is 47.9 Å². The summed E-state index contributed by atoms with van der Waals surface area (Å²) in [5, 5.41) is 24.8. The zero-order valence-electron chi connectivity index (χ0n) is 13.8. The first-order chi connectivity index (χ1) is 11.5. The molecule has 2 aromatic heterocycles. The fourth-order valence-corrected chi connectivity index (χ4v) is 2.71. The van der Waals surface area contributed by atoms with Crippen molar-refractivity contribution in [3.05, 3.63) is 35.8 Å². The number of nitrogens with one attached hydrogen (secondary N) is 1. The highest BCUT2D eigenvalue weighted by atomic mass is 19.1. The van der Waals surface area contributed by atoms with Crippen LogP contribution in [0, 0.1) is 0 Å². The number of alkyl halides is 1. The maximum atomic E-state index is 14.2. The number of hydrogen-bond acceptors (Lipinski definition) is 5. The van der Waals surface area contributed by atoms with Crippen molar-refractivity contribution in [1.82, 2.24) is 20.4 Å². The van der Waals surface area contributed by atoms with E-state index in [9.17, 15) is 9.50 Å². The van der Waals surface area contributed by atoms with E-state index in [4.69, 9.17) is 4.74 Å². The van der Waals surface area contributed by atoms with Gasteiger partial charge in [-0.15, -0.1) is 5.10 Å². The van der Waals surface area contributed by atoms with Crippen LogP contribution in [-0.4, -0.2) is 38.7 Å². The van der Waals surface area contributed by atoms with Crippen LogP contribution in [0.1, 0.15) is 49.6 Å². The van der Waals surface area contributed by atoms with Crippen LogP contribution in [-0.2, 0) is 10.4 Å². The normalized spacial score (nSPS) is 16.7. The number of ether oxygens (including phenoxy) is 1. The Bertz CT molecular complexity index is 755. The molecule has 2 aromatic rings. The molecule has 0 radical (unpaired) electrons. The Morgan fingerprint density at radius 3 is 2.92 bits per heavy atom. The number of aliphatic hydroxyl groups excluding tert-OH is 1. The molecule has 1 aliphatic carbocycles. The molecular formula is C17H21FN4O2. The zero-order valence-corrected chi connectivity index (χ0v) is 13.8. The summed E-state index contributed by atoms with van der Waals surface area (Å²) in [6.07, 6.45) is 2.59. The molecule has 1 saturated carbocycles. The summed E-state index contributed by atoms with van der Waals surface area (Å²) < 4.78 is 19.7. The van der Waals surface area contributed by atoms with Gasteiger partial charge in [-0.05, 0) is 31.4 Å². The molecule has 0 saturated heterocycles. The summed E-state index contributed by atoms with van der Waals surface area (Å²) in [6, 6.07) is 1.70. The Hall–Kier alpha value is -2.28. The Morgan fingerprint density at radius 2 is 2.29 bits per heavy atom. The van der Waals surface area contributed by atoms with Gasteiger partial charge in [0.15, 0.2) is 5.67 Å². The molecule has 0 spiro atoms. The van der Waals surface area contributed by atoms with E-state index in [1.54, 1.807) is 12.3 Å². The summed E-state index contributed by atoms with van der Waals surface area (Å²) in [6.45, 7) is 7.99. The van der Waals surface area contributed by atoms with Gasteiger partial charge in [-0.1, -0.05) is 13.5 Å². The monoisotopic (exact) mass is 332 g/mol. The van der Waals surface area contributed by atoms with Crippen molar-refractivity contribution >= 4 is 5.76 Å². The maximum absolute atomic E-state index is 14.2. The van der Waals surface area contributed by atoms with Crippen molar-refractivity contribution < 1.29 is 14.2 Å². The molecule has 2 heterocycles. The largest absolute Gasteiger partial charge is 0.492 e. The van der Waals surface area contributed by atoms with Crippen molar-refractivity contribution in [2.24, 2.45) is 0 Å². The third kappa shape index (κ3) is 2.91. The van der Waals surface area contributed by atoms with Crippen molar-refractivity contribution in [3.63, 3.8) is 0 Å². The van der Waals surface area contributed by atoms with Crippen molar-refractivity contribution in [2.75, 3.05) is 13.2 Å². The van der Waals surface area contributed by atoms with E-state index < -0.39 is 5.67 Å². The van der Waals surface area contributed by atoms with Gasteiger partial charge in [0, 0.05) is 18.1 Å². The first kappa shape index (κ1) is 16.6. The number of aromatic amines is 1. The first-order valence-corrected chi connectivity index (χ1v) is 8.04. The lowest BCUT2D eigenvalue weighted by Crippen LogP contribution is -2.10. The number of rotatable bonds is 7. The van der Waals surface area contributed by atoms with E-state index in [2.05, 4.69) is 27.0 Å². The van der Waals surface area contributed by atoms with Gasteiger partial charge in [0.25, 0.3) is 0 Å². The zero-order chi connectivity index (χ0) is 17.3. The second kappa shape index (κ2) is 6.32. The van der Waals surface area contributed by atoms with Crippen LogP contribution >= 0.6 is 0 Å². The first-order valence-electron chi connectivity index (χ1n) is 8.04. The fraction of sp³-hybridized carbons (Fsp3) is 0.471. The van der Waals surface area contributed by atoms with Gasteiger partial charge in [0.1, 0.15) is 11.5 Å². The molecule has 24 heavy (non-hydrogen) atoms. The molecule has 1 fully saturated rings. The molecule has 0 aliphatic heterocycles. The predicted molar refractivity (Wildman–Crippen MR) is 87.8 cm³/mol. The van der Waals surface area contributed by atoms with Gasteiger partial charge < -0.3 is 9.84 Å². The Balaban J connectivity index is 2.08. The number of nitrogens with zero attached hydrogens (tertiary/aromatic N) is 3. The third-order valence-electron chi connectivity index (χ3n) is 4.26. The fourth-order valence-electron chi connectivity index (χ4n) is 2.71. The van der Waals surface area contributed by atoms with Crippen molar-refractivity contribution in [1.29, 1.82) is 0 Å². The van der Waals surface area contributed by atoms with E-state index in [0.717, 1.165) is 5.56 Å². The summed E-state index contributed by atoms with van der Waals surface area (Å²) in [5.41, 5.74) is 1.68. The minimum Gasteiger partial charge on any atom is -0.492 e. The average molecular weight is 332 g/mol. The summed E-state index contributed by atoms with van der Waals surface area (Å²) in [4.78, 5) is 0. The Labute approximate surface area is 139 Å². The van der Waals surface area contributed by atoms with Crippen LogP contribution in [0.15, 0.2) is 18.8 Å². The molecule has 0 bridgehead atoms. The molecule has 0 amide bonds. The molecule has 1 unspecified atom stereocenters. The number of H-pyrrole nitrogens is 1. The molecule has 128 valence electrons. The van der Waals surface area contributed by atoms with Crippen LogP contribution in [0.25, 0.3) is 17.0 Å². The van der Waals surface area contributed by atoms with E-state index in [1.807, 2.05) is 13.8 Å². The lowest BCUT2D eigenvalue weighted by Gasteiger charge is -2.17. The smallest absolute Gasteiger partial charge is 0.152 e. The molecular weight excluding hydrogens is 311 g/mol. The van der Waals surface area contributed by atoms with Crippen LogP contribution in [0.2, 0.25) is 0 Å². The van der Waals surface area contributed by atoms with Gasteiger partial charge in [0.05, 0.1) is 24.2 Å². The number of aromatic nitrogens is 4. The molecule has 1 atom stereocenters. The number of halogens is 1. The number of hydrogen-bond donors (Lipinski definition) is 2. The third-order valence-corrected chi connectivity index (χ3v) is 4.26. The van der Waals surface area contributed by atoms with Crippen LogP contribution in [0.3, 0.4) is 0 Å². The molecule has 6 nitrogen and oxygen atoms in total. The van der Waals surface area contributed by atoms with E-state index >= 15 is 0 Å². The van der Waals surface area contributed by atoms with E-state index in [1.165, 1.54) is 0 Å². The van der Waals surface area contributed by atoms with Crippen molar-refractivity contribution in [2.45, 2.75) is 38.3 Å². The minimum atomic E-state index is -1.29. The molecule has 7 heteroatoms. The lowest BCUT2D eigenvalue weighted by molar-refractivity contribution is 0.270. The lowest BCUT2D eigenvalue weighted by atomic mass is 9.93. The van der Waals surface area contributed by atoms with Gasteiger partial charge >= 0.3 is 0 Å². The topological polar surface area (TPSA) is 83.9 Å². The van der Waals surface area contributed by atoms with Crippen molar-refractivity contribution in [3.8, 4) is 11.3 Å². The van der Waals surface area contributed by atoms with Crippen LogP contribution in [0.5, 0.6) is 0 Å². The Kier molecular flexibility index (Phi) is 4.36. The minimum absolute atomic E-state index is 0.0740. The molecule has 1 aliphatic rings. The molecule has 0 aromatic carbocycles. The summed E-state index contributed by atoms with van der Waals surface area (Å²) >= 11 is 0. The van der Waals surface area contributed by atoms with Gasteiger partial charge in [-0.3, -0.25) is 5.10 Å². The van der Waals surface area contributed by atoms with E-state index in [-0.39, 0.29) is 12.5 Å². The van der Waals surface area contributed by atoms with Gasteiger partial charge in [0.2, 0.25) is 0 Å². The number of aliphatic hydroxyl groups is 1. The summed E-state index contributed by atoms with van der Waals surface area (Å²) in [5.74, 6) is 0.171. The quantitative estimate of drug-likeness (QED) is 0.762. The van der Waals surface area contributed by atoms with Gasteiger partial charge in [-0.2, -0.15) is 10.2 Å². The van der Waals surface area contributed by atoms with Gasteiger partial charge in [-0.25, -0.2) is 4.39 Å². The Morgan fingerprint density at radius 1 is 1.54 bits per heavy atom. The SMILES string of the molecule is C=C(OCC)c1nncc(-c2cc(C3(F)CC3)[nH]n2)c1C(C)CO. The van der Waals surface area contributed by atoms with Crippen LogP contribution in [0.4, 0.5) is 4.39 Å². The predicted octanol–water partition coefficient (Wildman–Crippen LogP) is 2.93. The highest BCUT2D eigenvalue weighted by Crippen LogP contribution is 2.49. The standard InChI is InChI=1S/C17H21FN4O2/c1-4-24-11(3)16-15(10(2)9-23)12(8-19-22-16)13-7-14(21-20-13)17(18)5-6-17/h7-8,10,23H,3-6,9H2,1-2H3,(H,20,21). The second-order valence-electron chi connectivity index (χ2n) is 6.09. The molecule has 2 N–H and O–H groups in total.